The molecule has 2 nitrogen and oxygen atoms in total. The van der Waals surface area contributed by atoms with Gasteiger partial charge in [0, 0.05) is 10.5 Å². The molecular weight excluding hydrogens is 326 g/mol. The number of hydrogen-bond donors (Lipinski definition) is 1. The molecule has 0 aliphatic rings. The van der Waals surface area contributed by atoms with Gasteiger partial charge in [0.2, 0.25) is 0 Å². The van der Waals surface area contributed by atoms with Gasteiger partial charge in [0.1, 0.15) is 5.75 Å². The fourth-order valence-corrected chi connectivity index (χ4v) is 3.00. The Morgan fingerprint density at radius 1 is 1.14 bits per heavy atom. The fourth-order valence-electron chi connectivity index (χ4n) is 2.59. The monoisotopic (exact) mass is 347 g/mol. The normalized spacial score (nSPS) is 13.7. The smallest absolute Gasteiger partial charge is 0.119 e. The van der Waals surface area contributed by atoms with Crippen molar-refractivity contribution in [3.05, 3.63) is 64.1 Å². The van der Waals surface area contributed by atoms with Gasteiger partial charge in [0.15, 0.2) is 0 Å². The summed E-state index contributed by atoms with van der Waals surface area (Å²) < 4.78 is 6.46. The van der Waals surface area contributed by atoms with E-state index in [4.69, 9.17) is 4.74 Å². The van der Waals surface area contributed by atoms with Crippen molar-refractivity contribution < 1.29 is 4.74 Å². The molecule has 0 amide bonds. The van der Waals surface area contributed by atoms with Gasteiger partial charge in [-0.3, -0.25) is 0 Å². The van der Waals surface area contributed by atoms with Crippen molar-refractivity contribution in [2.75, 3.05) is 14.2 Å². The van der Waals surface area contributed by atoms with E-state index in [9.17, 15) is 0 Å². The summed E-state index contributed by atoms with van der Waals surface area (Å²) in [5.41, 5.74) is 2.62. The summed E-state index contributed by atoms with van der Waals surface area (Å²) in [4.78, 5) is 0. The second-order valence-corrected chi connectivity index (χ2v) is 6.11. The molecule has 21 heavy (non-hydrogen) atoms. The first-order valence-electron chi connectivity index (χ1n) is 7.20. The summed E-state index contributed by atoms with van der Waals surface area (Å²) in [5, 5.41) is 3.45. The SMILES string of the molecule is CNC(Cc1cc(OC)ccc1Br)C(C)c1ccccc1. The summed E-state index contributed by atoms with van der Waals surface area (Å²) in [5.74, 6) is 1.34. The van der Waals surface area contributed by atoms with Crippen LogP contribution in [-0.4, -0.2) is 20.2 Å². The highest BCUT2D eigenvalue weighted by Gasteiger charge is 2.19. The molecule has 2 atom stereocenters. The highest BCUT2D eigenvalue weighted by Crippen LogP contribution is 2.27. The van der Waals surface area contributed by atoms with Crippen LogP contribution in [0, 0.1) is 0 Å². The van der Waals surface area contributed by atoms with E-state index in [0.29, 0.717) is 12.0 Å². The van der Waals surface area contributed by atoms with E-state index >= 15 is 0 Å². The summed E-state index contributed by atoms with van der Waals surface area (Å²) in [6.45, 7) is 2.27. The largest absolute Gasteiger partial charge is 0.497 e. The number of hydrogen-bond acceptors (Lipinski definition) is 2. The Balaban J connectivity index is 2.19. The van der Waals surface area contributed by atoms with E-state index in [1.54, 1.807) is 7.11 Å². The van der Waals surface area contributed by atoms with Crippen molar-refractivity contribution >= 4 is 15.9 Å². The standard InChI is InChI=1S/C18H22BrNO/c1-13(14-7-5-4-6-8-14)18(20-2)12-15-11-16(21-3)9-10-17(15)19/h4-11,13,18,20H,12H2,1-3H3. The maximum Gasteiger partial charge on any atom is 0.119 e. The molecule has 0 bridgehead atoms. The van der Waals surface area contributed by atoms with E-state index in [1.807, 2.05) is 19.2 Å². The molecule has 3 heteroatoms. The van der Waals surface area contributed by atoms with Crippen LogP contribution in [0.25, 0.3) is 0 Å². The quantitative estimate of drug-likeness (QED) is 0.836. The zero-order valence-electron chi connectivity index (χ0n) is 12.8. The van der Waals surface area contributed by atoms with Gasteiger partial charge in [-0.05, 0) is 48.7 Å². The molecule has 0 heterocycles. The van der Waals surface area contributed by atoms with E-state index in [0.717, 1.165) is 16.6 Å². The van der Waals surface area contributed by atoms with Crippen LogP contribution in [0.1, 0.15) is 24.0 Å². The first-order valence-corrected chi connectivity index (χ1v) is 7.99. The predicted molar refractivity (Wildman–Crippen MR) is 92.1 cm³/mol. The zero-order chi connectivity index (χ0) is 15.2. The lowest BCUT2D eigenvalue weighted by atomic mass is 9.89. The van der Waals surface area contributed by atoms with Crippen molar-refractivity contribution in [2.45, 2.75) is 25.3 Å². The van der Waals surface area contributed by atoms with Gasteiger partial charge >= 0.3 is 0 Å². The molecule has 2 aromatic carbocycles. The van der Waals surface area contributed by atoms with Crippen molar-refractivity contribution in [2.24, 2.45) is 0 Å². The van der Waals surface area contributed by atoms with Crippen LogP contribution in [-0.2, 0) is 6.42 Å². The summed E-state index contributed by atoms with van der Waals surface area (Å²) in [7, 11) is 3.73. The molecule has 0 saturated heterocycles. The molecule has 1 N–H and O–H groups in total. The first kappa shape index (κ1) is 16.1. The maximum absolute atomic E-state index is 5.33. The van der Waals surface area contributed by atoms with Gasteiger partial charge in [0.25, 0.3) is 0 Å². The fraction of sp³-hybridized carbons (Fsp3) is 0.333. The Morgan fingerprint density at radius 3 is 2.48 bits per heavy atom. The number of nitrogens with one attached hydrogen (secondary N) is 1. The molecule has 0 aliphatic heterocycles. The summed E-state index contributed by atoms with van der Waals surface area (Å²) in [6.07, 6.45) is 0.949. The molecule has 0 radical (unpaired) electrons. The molecule has 112 valence electrons. The molecule has 0 fully saturated rings. The van der Waals surface area contributed by atoms with E-state index in [1.165, 1.54) is 11.1 Å². The van der Waals surface area contributed by atoms with Gasteiger partial charge in [0.05, 0.1) is 7.11 Å². The summed E-state index contributed by atoms with van der Waals surface area (Å²) in [6, 6.07) is 17.1. The van der Waals surface area contributed by atoms with Crippen LogP contribution < -0.4 is 10.1 Å². The molecule has 0 saturated carbocycles. The number of halogens is 1. The topological polar surface area (TPSA) is 21.3 Å². The van der Waals surface area contributed by atoms with Gasteiger partial charge in [-0.1, -0.05) is 53.2 Å². The van der Waals surface area contributed by atoms with Gasteiger partial charge < -0.3 is 10.1 Å². The van der Waals surface area contributed by atoms with Gasteiger partial charge in [-0.15, -0.1) is 0 Å². The van der Waals surface area contributed by atoms with Gasteiger partial charge in [-0.25, -0.2) is 0 Å². The van der Waals surface area contributed by atoms with E-state index in [-0.39, 0.29) is 0 Å². The second kappa shape index (κ2) is 7.62. The van der Waals surface area contributed by atoms with Crippen LogP contribution in [0.2, 0.25) is 0 Å². The van der Waals surface area contributed by atoms with Crippen LogP contribution in [0.5, 0.6) is 5.75 Å². The van der Waals surface area contributed by atoms with E-state index in [2.05, 4.69) is 64.6 Å². The third-order valence-corrected chi connectivity index (χ3v) is 4.77. The van der Waals surface area contributed by atoms with Crippen molar-refractivity contribution in [1.82, 2.24) is 5.32 Å². The Hall–Kier alpha value is -1.32. The molecular formula is C18H22BrNO. The average Bonchev–Trinajstić information content (AvgIpc) is 2.54. The molecule has 2 unspecified atom stereocenters. The lowest BCUT2D eigenvalue weighted by Crippen LogP contribution is -2.33. The van der Waals surface area contributed by atoms with Crippen LogP contribution in [0.3, 0.4) is 0 Å². The minimum absolute atomic E-state index is 0.371. The first-order chi connectivity index (χ1) is 10.2. The molecule has 0 aromatic heterocycles. The molecule has 2 rings (SSSR count). The Bertz CT molecular complexity index is 571. The minimum Gasteiger partial charge on any atom is -0.497 e. The van der Waals surface area contributed by atoms with Gasteiger partial charge in [-0.2, -0.15) is 0 Å². The van der Waals surface area contributed by atoms with Crippen molar-refractivity contribution in [3.8, 4) is 5.75 Å². The van der Waals surface area contributed by atoms with E-state index < -0.39 is 0 Å². The molecule has 0 aliphatic carbocycles. The maximum atomic E-state index is 5.33. The van der Waals surface area contributed by atoms with Crippen LogP contribution in [0.4, 0.5) is 0 Å². The summed E-state index contributed by atoms with van der Waals surface area (Å²) >= 11 is 3.64. The Morgan fingerprint density at radius 2 is 1.86 bits per heavy atom. The minimum atomic E-state index is 0.371. The molecule has 0 spiro atoms. The van der Waals surface area contributed by atoms with Crippen LogP contribution in [0.15, 0.2) is 53.0 Å². The Labute approximate surface area is 135 Å². The van der Waals surface area contributed by atoms with Crippen molar-refractivity contribution in [3.63, 3.8) is 0 Å². The second-order valence-electron chi connectivity index (χ2n) is 5.26. The number of rotatable bonds is 6. The lowest BCUT2D eigenvalue weighted by Gasteiger charge is -2.25. The molecule has 2 aromatic rings. The third kappa shape index (κ3) is 4.08. The highest BCUT2D eigenvalue weighted by molar-refractivity contribution is 9.10. The van der Waals surface area contributed by atoms with Crippen molar-refractivity contribution in [1.29, 1.82) is 0 Å². The van der Waals surface area contributed by atoms with Crippen LogP contribution >= 0.6 is 15.9 Å². The number of benzene rings is 2. The average molecular weight is 348 g/mol. The number of likely N-dealkylation sites (N-methyl/N-ethyl adjacent to an activating group) is 1. The lowest BCUT2D eigenvalue weighted by molar-refractivity contribution is 0.413. The zero-order valence-corrected chi connectivity index (χ0v) is 14.4. The number of methoxy groups -OCH3 is 1. The number of ether oxygens (including phenoxy) is 1. The highest BCUT2D eigenvalue weighted by atomic mass is 79.9. The third-order valence-electron chi connectivity index (χ3n) is 3.99. The predicted octanol–water partition coefficient (Wildman–Crippen LogP) is 4.39. The Kier molecular flexibility index (Phi) is 5.83.